The highest BCUT2D eigenvalue weighted by atomic mass is 19.3. The Kier molecular flexibility index (Phi) is 12.4. The Labute approximate surface area is 162 Å². The van der Waals surface area contributed by atoms with Crippen molar-refractivity contribution in [2.75, 3.05) is 73.9 Å². The molecule has 6 nitrogen and oxygen atoms in total. The zero-order chi connectivity index (χ0) is 22.6. The van der Waals surface area contributed by atoms with Gasteiger partial charge in [0, 0.05) is 14.2 Å². The number of halogens is 8. The summed E-state index contributed by atoms with van der Waals surface area (Å²) in [4.78, 5) is 0. The van der Waals surface area contributed by atoms with E-state index in [9.17, 15) is 35.1 Å². The van der Waals surface area contributed by atoms with E-state index in [1.807, 2.05) is 0 Å². The molecule has 0 saturated carbocycles. The molecule has 0 spiro atoms. The monoisotopic (exact) mass is 452 g/mol. The smallest absolute Gasteiger partial charge is 0.293 e. The fraction of sp³-hybridized carbons (Fsp3) is 1.00. The van der Waals surface area contributed by atoms with E-state index in [1.165, 1.54) is 0 Å². The van der Waals surface area contributed by atoms with Crippen LogP contribution < -0.4 is 0 Å². The average molecular weight is 452 g/mol. The summed E-state index contributed by atoms with van der Waals surface area (Å²) >= 11 is 0. The molecular weight excluding hydrogens is 428 g/mol. The van der Waals surface area contributed by atoms with Crippen molar-refractivity contribution in [2.45, 2.75) is 23.7 Å². The van der Waals surface area contributed by atoms with Crippen molar-refractivity contribution in [1.82, 2.24) is 0 Å². The molecule has 14 heteroatoms. The van der Waals surface area contributed by atoms with Gasteiger partial charge in [-0.2, -0.15) is 0 Å². The highest BCUT2D eigenvalue weighted by Gasteiger charge is 2.36. The van der Waals surface area contributed by atoms with Crippen molar-refractivity contribution < 1.29 is 63.5 Å². The normalized spacial score (nSPS) is 13.9. The zero-order valence-electron chi connectivity index (χ0n) is 15.8. The summed E-state index contributed by atoms with van der Waals surface area (Å²) in [7, 11) is 2.01. The predicted octanol–water partition coefficient (Wildman–Crippen LogP) is 2.84. The summed E-state index contributed by atoms with van der Waals surface area (Å²) in [6.07, 6.45) is 0. The Hall–Kier alpha value is -0.800. The van der Waals surface area contributed by atoms with Gasteiger partial charge >= 0.3 is 0 Å². The average Bonchev–Trinajstić information content (AvgIpc) is 2.53. The van der Waals surface area contributed by atoms with Gasteiger partial charge in [-0.1, -0.05) is 0 Å². The van der Waals surface area contributed by atoms with Gasteiger partial charge in [-0.05, 0) is 0 Å². The van der Waals surface area contributed by atoms with Gasteiger partial charge in [0.1, 0.15) is 59.6 Å². The van der Waals surface area contributed by atoms with Crippen molar-refractivity contribution in [3.63, 3.8) is 0 Å². The third-order valence-electron chi connectivity index (χ3n) is 2.76. The summed E-state index contributed by atoms with van der Waals surface area (Å²) in [5.41, 5.74) is 0. The number of hydrogen-bond donors (Lipinski definition) is 0. The first-order valence-corrected chi connectivity index (χ1v) is 8.04. The maximum Gasteiger partial charge on any atom is 0.293 e. The maximum absolute atomic E-state index is 13.4. The van der Waals surface area contributed by atoms with Crippen LogP contribution in [0.1, 0.15) is 0 Å². The third-order valence-corrected chi connectivity index (χ3v) is 2.76. The molecule has 0 aliphatic heterocycles. The third kappa shape index (κ3) is 15.7. The van der Waals surface area contributed by atoms with Crippen LogP contribution in [0.25, 0.3) is 0 Å². The van der Waals surface area contributed by atoms with Crippen LogP contribution >= 0.6 is 0 Å². The van der Waals surface area contributed by atoms with E-state index in [2.05, 4.69) is 28.4 Å². The number of ether oxygens (including phenoxy) is 6. The Morgan fingerprint density at radius 2 is 0.655 bits per heavy atom. The van der Waals surface area contributed by atoms with Crippen LogP contribution in [-0.2, 0) is 28.4 Å². The summed E-state index contributed by atoms with van der Waals surface area (Å²) < 4.78 is 131. The molecule has 0 bridgehead atoms. The highest BCUT2D eigenvalue weighted by Crippen LogP contribution is 2.20. The van der Waals surface area contributed by atoms with E-state index in [0.29, 0.717) is 0 Å². The lowest BCUT2D eigenvalue weighted by molar-refractivity contribution is -0.198. The Balaban J connectivity index is 3.96. The minimum absolute atomic E-state index is 0.981. The molecule has 0 N–H and O–H groups in total. The quantitative estimate of drug-likeness (QED) is 0.181. The van der Waals surface area contributed by atoms with E-state index in [0.717, 1.165) is 14.2 Å². The van der Waals surface area contributed by atoms with Crippen molar-refractivity contribution in [1.29, 1.82) is 0 Å². The van der Waals surface area contributed by atoms with Gasteiger partial charge < -0.3 is 28.4 Å². The van der Waals surface area contributed by atoms with Gasteiger partial charge in [-0.25, -0.2) is 35.1 Å². The molecule has 0 radical (unpaired) electrons. The van der Waals surface area contributed by atoms with Crippen LogP contribution in [0.3, 0.4) is 0 Å². The molecule has 176 valence electrons. The van der Waals surface area contributed by atoms with Gasteiger partial charge in [0.05, 0.1) is 0 Å². The molecule has 0 rings (SSSR count). The van der Waals surface area contributed by atoms with Crippen LogP contribution in [-0.4, -0.2) is 97.6 Å². The number of hydrogen-bond acceptors (Lipinski definition) is 6. The largest absolute Gasteiger partial charge is 0.378 e. The van der Waals surface area contributed by atoms with Gasteiger partial charge in [0.15, 0.2) is 0 Å². The Morgan fingerprint density at radius 1 is 0.414 bits per heavy atom. The molecule has 0 atom stereocenters. The minimum atomic E-state index is -3.68. The molecule has 0 aliphatic rings. The van der Waals surface area contributed by atoms with E-state index >= 15 is 0 Å². The highest BCUT2D eigenvalue weighted by molar-refractivity contribution is 4.69. The van der Waals surface area contributed by atoms with Crippen molar-refractivity contribution in [3.8, 4) is 0 Å². The molecule has 0 saturated heterocycles. The second-order valence-corrected chi connectivity index (χ2v) is 6.09. The first-order chi connectivity index (χ1) is 13.2. The van der Waals surface area contributed by atoms with Crippen molar-refractivity contribution in [2.24, 2.45) is 0 Å². The Morgan fingerprint density at radius 3 is 0.931 bits per heavy atom. The standard InChI is InChI=1S/C15H24F8O6/c1-24-3-12(16,17)5-26-7-14(20,21)9-28-11-29-10-15(22,23)8-27-6-13(18,19)4-25-2/h3-11H2,1-2H3. The van der Waals surface area contributed by atoms with E-state index in [4.69, 9.17) is 0 Å². The van der Waals surface area contributed by atoms with Crippen molar-refractivity contribution in [3.05, 3.63) is 0 Å². The van der Waals surface area contributed by atoms with Crippen LogP contribution in [0, 0.1) is 0 Å². The summed E-state index contributed by atoms with van der Waals surface area (Å²) in [6, 6.07) is 0. The molecule has 0 amide bonds. The van der Waals surface area contributed by atoms with Crippen molar-refractivity contribution >= 4 is 0 Å². The second kappa shape index (κ2) is 12.8. The summed E-state index contributed by atoms with van der Waals surface area (Å²) in [5.74, 6) is -14.2. The lowest BCUT2D eigenvalue weighted by Crippen LogP contribution is -2.36. The first-order valence-electron chi connectivity index (χ1n) is 8.04. The summed E-state index contributed by atoms with van der Waals surface area (Å²) in [5, 5.41) is 0. The SMILES string of the molecule is COCC(F)(F)COCC(F)(F)COCOCC(F)(F)COCC(F)(F)COC. The molecule has 0 aromatic heterocycles. The fourth-order valence-electron chi connectivity index (χ4n) is 1.73. The maximum atomic E-state index is 13.4. The van der Waals surface area contributed by atoms with Gasteiger partial charge in [-0.15, -0.1) is 0 Å². The van der Waals surface area contributed by atoms with E-state index in [-0.39, 0.29) is 0 Å². The van der Waals surface area contributed by atoms with Crippen LogP contribution in [0.15, 0.2) is 0 Å². The molecule has 0 aliphatic carbocycles. The topological polar surface area (TPSA) is 55.4 Å². The minimum Gasteiger partial charge on any atom is -0.378 e. The Bertz CT molecular complexity index is 401. The van der Waals surface area contributed by atoms with E-state index < -0.39 is 83.3 Å². The molecule has 0 aromatic rings. The lowest BCUT2D eigenvalue weighted by Gasteiger charge is -2.21. The second-order valence-electron chi connectivity index (χ2n) is 6.09. The molecule has 0 fully saturated rings. The zero-order valence-corrected chi connectivity index (χ0v) is 15.8. The fourth-order valence-corrected chi connectivity index (χ4v) is 1.73. The molecular formula is C15H24F8O6. The molecule has 0 aromatic carbocycles. The van der Waals surface area contributed by atoms with Crippen LogP contribution in [0.5, 0.6) is 0 Å². The lowest BCUT2D eigenvalue weighted by atomic mass is 10.3. The molecule has 0 heterocycles. The predicted molar refractivity (Wildman–Crippen MR) is 81.9 cm³/mol. The first kappa shape index (κ1) is 28.2. The summed E-state index contributed by atoms with van der Waals surface area (Å²) in [6.45, 7) is -11.1. The van der Waals surface area contributed by atoms with Crippen LogP contribution in [0.2, 0.25) is 0 Å². The van der Waals surface area contributed by atoms with Crippen LogP contribution in [0.4, 0.5) is 35.1 Å². The number of methoxy groups -OCH3 is 2. The van der Waals surface area contributed by atoms with Gasteiger partial charge in [-0.3, -0.25) is 0 Å². The van der Waals surface area contributed by atoms with Gasteiger partial charge in [0.25, 0.3) is 23.7 Å². The number of rotatable bonds is 18. The number of alkyl halides is 8. The van der Waals surface area contributed by atoms with E-state index in [1.54, 1.807) is 0 Å². The van der Waals surface area contributed by atoms with Gasteiger partial charge in [0.2, 0.25) is 0 Å². The molecule has 0 unspecified atom stereocenters. The molecule has 29 heavy (non-hydrogen) atoms.